The van der Waals surface area contributed by atoms with Crippen LogP contribution in [0.3, 0.4) is 0 Å². The summed E-state index contributed by atoms with van der Waals surface area (Å²) in [5.41, 5.74) is 5.83. The Morgan fingerprint density at radius 2 is 2.05 bits per heavy atom. The summed E-state index contributed by atoms with van der Waals surface area (Å²) in [4.78, 5) is 2.56. The lowest BCUT2D eigenvalue weighted by Gasteiger charge is -2.38. The van der Waals surface area contributed by atoms with Crippen LogP contribution >= 0.6 is 0 Å². The topological polar surface area (TPSA) is 47.7 Å². The molecular formula is C15H28N2O2. The molecule has 3 rings (SSSR count). The first-order valence-corrected chi connectivity index (χ1v) is 7.97. The number of nitrogens with two attached hydrogens (primary N) is 1. The Morgan fingerprint density at radius 1 is 1.26 bits per heavy atom. The number of piperidine rings is 1. The molecule has 2 saturated heterocycles. The normalized spacial score (nSPS) is 39.2. The highest BCUT2D eigenvalue weighted by atomic mass is 16.7. The van der Waals surface area contributed by atoms with E-state index in [1.165, 1.54) is 25.7 Å². The maximum Gasteiger partial charge on any atom is 0.168 e. The zero-order valence-electron chi connectivity index (χ0n) is 12.1. The second kappa shape index (κ2) is 5.68. The number of nitrogens with zero attached hydrogens (tertiary/aromatic N) is 1. The van der Waals surface area contributed by atoms with Crippen molar-refractivity contribution in [2.24, 2.45) is 11.7 Å². The van der Waals surface area contributed by atoms with Crippen molar-refractivity contribution in [1.29, 1.82) is 0 Å². The van der Waals surface area contributed by atoms with E-state index in [1.807, 2.05) is 0 Å². The van der Waals surface area contributed by atoms with Crippen LogP contribution in [0.1, 0.15) is 45.4 Å². The lowest BCUT2D eigenvalue weighted by atomic mass is 9.93. The van der Waals surface area contributed by atoms with Gasteiger partial charge in [-0.2, -0.15) is 0 Å². The van der Waals surface area contributed by atoms with E-state index in [4.69, 9.17) is 15.2 Å². The number of ether oxygens (including phenoxy) is 2. The molecular weight excluding hydrogens is 240 g/mol. The summed E-state index contributed by atoms with van der Waals surface area (Å²) in [6, 6.07) is 0.659. The fourth-order valence-corrected chi connectivity index (χ4v) is 3.85. The molecule has 4 heteroatoms. The maximum absolute atomic E-state index is 6.23. The van der Waals surface area contributed by atoms with Gasteiger partial charge in [-0.3, -0.25) is 4.90 Å². The fraction of sp³-hybridized carbons (Fsp3) is 1.00. The highest BCUT2D eigenvalue weighted by molar-refractivity contribution is 4.87. The van der Waals surface area contributed by atoms with Crippen molar-refractivity contribution < 1.29 is 9.47 Å². The molecule has 3 aliphatic rings. The summed E-state index contributed by atoms with van der Waals surface area (Å²) < 4.78 is 12.2. The van der Waals surface area contributed by atoms with Crippen molar-refractivity contribution in [1.82, 2.24) is 4.90 Å². The molecule has 19 heavy (non-hydrogen) atoms. The van der Waals surface area contributed by atoms with Crippen LogP contribution in [0.2, 0.25) is 0 Å². The third-order valence-electron chi connectivity index (χ3n) is 5.16. The summed E-state index contributed by atoms with van der Waals surface area (Å²) in [5, 5.41) is 0. The zero-order chi connectivity index (χ0) is 13.3. The van der Waals surface area contributed by atoms with Crippen molar-refractivity contribution in [3.05, 3.63) is 0 Å². The number of rotatable bonds is 3. The van der Waals surface area contributed by atoms with Crippen molar-refractivity contribution in [3.8, 4) is 0 Å². The molecule has 0 aromatic carbocycles. The molecule has 1 aliphatic carbocycles. The van der Waals surface area contributed by atoms with Crippen molar-refractivity contribution >= 4 is 0 Å². The second-order valence-corrected chi connectivity index (χ2v) is 6.65. The van der Waals surface area contributed by atoms with E-state index in [-0.39, 0.29) is 11.9 Å². The van der Waals surface area contributed by atoms with E-state index < -0.39 is 0 Å². The van der Waals surface area contributed by atoms with Crippen LogP contribution in [0.4, 0.5) is 0 Å². The molecule has 4 nitrogen and oxygen atoms in total. The van der Waals surface area contributed by atoms with Crippen molar-refractivity contribution in [3.63, 3.8) is 0 Å². The predicted octanol–water partition coefficient (Wildman–Crippen LogP) is 1.73. The smallest absolute Gasteiger partial charge is 0.168 e. The first-order chi connectivity index (χ1) is 9.21. The van der Waals surface area contributed by atoms with Gasteiger partial charge in [-0.25, -0.2) is 0 Å². The molecule has 3 atom stereocenters. The quantitative estimate of drug-likeness (QED) is 0.847. The monoisotopic (exact) mass is 268 g/mol. The van der Waals surface area contributed by atoms with Gasteiger partial charge in [0, 0.05) is 32.0 Å². The van der Waals surface area contributed by atoms with Crippen LogP contribution in [0.25, 0.3) is 0 Å². The molecule has 0 aromatic rings. The van der Waals surface area contributed by atoms with Gasteiger partial charge in [0.05, 0.1) is 12.7 Å². The maximum atomic E-state index is 6.23. The van der Waals surface area contributed by atoms with Crippen LogP contribution in [0.5, 0.6) is 0 Å². The minimum absolute atomic E-state index is 0.211. The Bertz CT molecular complexity index is 305. The number of hydrogen-bond donors (Lipinski definition) is 1. The third kappa shape index (κ3) is 2.97. The standard InChI is InChI=1S/C15H28N2O2/c1-12-4-5-13(8-16)9-17(12)10-14-11-18-15(19-14)6-2-3-7-15/h12-14H,2-11,16H2,1H3. The van der Waals surface area contributed by atoms with Gasteiger partial charge in [0.25, 0.3) is 0 Å². The lowest BCUT2D eigenvalue weighted by molar-refractivity contribution is -0.164. The van der Waals surface area contributed by atoms with Gasteiger partial charge >= 0.3 is 0 Å². The van der Waals surface area contributed by atoms with Crippen LogP contribution < -0.4 is 5.73 Å². The summed E-state index contributed by atoms with van der Waals surface area (Å²) in [6.45, 7) is 6.06. The van der Waals surface area contributed by atoms with E-state index >= 15 is 0 Å². The summed E-state index contributed by atoms with van der Waals surface area (Å²) >= 11 is 0. The Morgan fingerprint density at radius 3 is 2.79 bits per heavy atom. The van der Waals surface area contributed by atoms with Gasteiger partial charge in [0.2, 0.25) is 0 Å². The molecule has 2 N–H and O–H groups in total. The zero-order valence-corrected chi connectivity index (χ0v) is 12.1. The van der Waals surface area contributed by atoms with Gasteiger partial charge in [0.1, 0.15) is 0 Å². The largest absolute Gasteiger partial charge is 0.347 e. The molecule has 1 spiro atoms. The Kier molecular flexibility index (Phi) is 4.13. The molecule has 0 aromatic heterocycles. The Labute approximate surface area is 116 Å². The Balaban J connectivity index is 1.53. The van der Waals surface area contributed by atoms with Crippen molar-refractivity contribution in [2.75, 3.05) is 26.2 Å². The number of hydrogen-bond acceptors (Lipinski definition) is 4. The van der Waals surface area contributed by atoms with E-state index in [0.717, 1.165) is 39.1 Å². The lowest BCUT2D eigenvalue weighted by Crippen LogP contribution is -2.47. The van der Waals surface area contributed by atoms with Crippen LogP contribution in [0, 0.1) is 5.92 Å². The summed E-state index contributed by atoms with van der Waals surface area (Å²) in [6.07, 6.45) is 7.48. The van der Waals surface area contributed by atoms with Gasteiger partial charge in [-0.15, -0.1) is 0 Å². The minimum Gasteiger partial charge on any atom is -0.347 e. The molecule has 3 fully saturated rings. The van der Waals surface area contributed by atoms with Crippen LogP contribution in [0.15, 0.2) is 0 Å². The van der Waals surface area contributed by atoms with Crippen LogP contribution in [-0.4, -0.2) is 49.1 Å². The first-order valence-electron chi connectivity index (χ1n) is 7.97. The molecule has 2 heterocycles. The predicted molar refractivity (Wildman–Crippen MR) is 74.8 cm³/mol. The average molecular weight is 268 g/mol. The van der Waals surface area contributed by atoms with E-state index in [2.05, 4.69) is 11.8 Å². The van der Waals surface area contributed by atoms with Gasteiger partial charge < -0.3 is 15.2 Å². The summed E-state index contributed by atoms with van der Waals surface area (Å²) in [5.74, 6) is 0.454. The average Bonchev–Trinajstić information content (AvgIpc) is 3.03. The molecule has 2 aliphatic heterocycles. The second-order valence-electron chi connectivity index (χ2n) is 6.65. The minimum atomic E-state index is -0.211. The molecule has 3 unspecified atom stereocenters. The van der Waals surface area contributed by atoms with Crippen molar-refractivity contribution in [2.45, 2.75) is 63.4 Å². The van der Waals surface area contributed by atoms with E-state index in [0.29, 0.717) is 12.0 Å². The number of likely N-dealkylation sites (tertiary alicyclic amines) is 1. The first kappa shape index (κ1) is 13.8. The molecule has 110 valence electrons. The highest BCUT2D eigenvalue weighted by Gasteiger charge is 2.44. The Hall–Kier alpha value is -0.160. The van der Waals surface area contributed by atoms with Crippen LogP contribution in [-0.2, 0) is 9.47 Å². The van der Waals surface area contributed by atoms with Gasteiger partial charge in [0.15, 0.2) is 5.79 Å². The SMILES string of the molecule is CC1CCC(CN)CN1CC1COC2(CCCC2)O1. The third-order valence-corrected chi connectivity index (χ3v) is 5.16. The van der Waals surface area contributed by atoms with Gasteiger partial charge in [-0.1, -0.05) is 0 Å². The van der Waals surface area contributed by atoms with E-state index in [9.17, 15) is 0 Å². The summed E-state index contributed by atoms with van der Waals surface area (Å²) in [7, 11) is 0. The van der Waals surface area contributed by atoms with E-state index in [1.54, 1.807) is 0 Å². The van der Waals surface area contributed by atoms with Gasteiger partial charge in [-0.05, 0) is 45.1 Å². The fourth-order valence-electron chi connectivity index (χ4n) is 3.85. The molecule has 0 radical (unpaired) electrons. The highest BCUT2D eigenvalue weighted by Crippen LogP contribution is 2.39. The molecule has 0 bridgehead atoms. The molecule has 0 amide bonds. The molecule has 1 saturated carbocycles.